The first-order chi connectivity index (χ1) is 23.4. The molecule has 0 radical (unpaired) electrons. The standard InChI is InChI=1S/C20H31FO3.C20H33FO2.CH5P/c1-18(24)9-10-20(21)12(11-18)3-4-13-14-5-6-16(17(22)23)19(14,2)8-7-15(13)20;1-18(23)9-10-20(21)13(11-18)3-5-15-16-6-4-14(12-22)19(16,2)8-7-17(15)20;1-2/h12-16,24H,3-11H2,1-2H3,(H,22,23);13-17,22-23H,3-12H2,1-2H3;2H2,1H3/t12-,13+,14+,15+,16-,18-,19+,20-;13-,14-,15+,16+,17+,18-,19-,20-;/m11./s1/i;;2D. The highest BCUT2D eigenvalue weighted by Gasteiger charge is 2.65. The van der Waals surface area contributed by atoms with Crippen molar-refractivity contribution in [1.82, 2.24) is 0 Å². The molecular weight excluding hydrogens is 641 g/mol. The van der Waals surface area contributed by atoms with Crippen LogP contribution in [0.2, 0.25) is 0 Å². The summed E-state index contributed by atoms with van der Waals surface area (Å²) in [7, 11) is 0.333. The van der Waals surface area contributed by atoms with Gasteiger partial charge in [-0.15, -0.1) is 9.18 Å². The lowest BCUT2D eigenvalue weighted by molar-refractivity contribution is -0.169. The van der Waals surface area contributed by atoms with Crippen molar-refractivity contribution in [2.24, 2.45) is 70.0 Å². The summed E-state index contributed by atoms with van der Waals surface area (Å²) in [5, 5.41) is 40.1. The fraction of sp³-hybridized carbons (Fsp3) is 0.976. The Morgan fingerprint density at radius 1 is 0.673 bits per heavy atom. The van der Waals surface area contributed by atoms with E-state index in [9.17, 15) is 25.2 Å². The molecule has 0 amide bonds. The maximum Gasteiger partial charge on any atom is 0.307 e. The number of hydrogen-bond acceptors (Lipinski definition) is 4. The molecule has 0 aromatic rings. The molecule has 0 spiro atoms. The van der Waals surface area contributed by atoms with Crippen LogP contribution in [0.25, 0.3) is 0 Å². The van der Waals surface area contributed by atoms with E-state index < -0.39 is 28.5 Å². The molecule has 0 aromatic heterocycles. The largest absolute Gasteiger partial charge is 0.481 e. The van der Waals surface area contributed by atoms with Crippen molar-refractivity contribution < 1.29 is 34.0 Å². The van der Waals surface area contributed by atoms with E-state index in [0.29, 0.717) is 83.9 Å². The van der Waals surface area contributed by atoms with Crippen LogP contribution >= 0.6 is 9.18 Å². The first-order valence-corrected chi connectivity index (χ1v) is 21.1. The number of fused-ring (bicyclic) bond motifs is 10. The molecule has 0 bridgehead atoms. The monoisotopic (exact) mass is 711 g/mol. The molecular formula is C41H69F2O5P. The number of alkyl halides is 2. The van der Waals surface area contributed by atoms with Gasteiger partial charge < -0.3 is 20.4 Å². The van der Waals surface area contributed by atoms with Gasteiger partial charge >= 0.3 is 5.97 Å². The lowest BCUT2D eigenvalue weighted by Gasteiger charge is -2.59. The van der Waals surface area contributed by atoms with Crippen LogP contribution in [-0.4, -0.2) is 63.5 Å². The third-order valence-electron chi connectivity index (χ3n) is 17.3. The van der Waals surface area contributed by atoms with Crippen molar-refractivity contribution in [1.29, 1.82) is 1.28 Å². The number of aliphatic hydroxyl groups is 3. The fourth-order valence-corrected chi connectivity index (χ4v) is 14.8. The molecule has 0 saturated heterocycles. The molecule has 8 aliphatic carbocycles. The molecule has 4 N–H and O–H groups in total. The van der Waals surface area contributed by atoms with Crippen LogP contribution in [0, 0.1) is 70.0 Å². The minimum atomic E-state index is -1.13. The van der Waals surface area contributed by atoms with Gasteiger partial charge in [0.05, 0.1) is 18.4 Å². The quantitative estimate of drug-likeness (QED) is 0.215. The summed E-state index contributed by atoms with van der Waals surface area (Å²) in [4.78, 5) is 11.7. The molecule has 8 aliphatic rings. The van der Waals surface area contributed by atoms with Gasteiger partial charge in [0.1, 0.15) is 11.3 Å². The number of halogens is 2. The number of carboxylic acid groups (broad SMARTS) is 1. The smallest absolute Gasteiger partial charge is 0.307 e. The van der Waals surface area contributed by atoms with Crippen molar-refractivity contribution in [3.8, 4) is 0 Å². The number of carbonyl (C=O) groups is 1. The summed E-state index contributed by atoms with van der Waals surface area (Å²) < 4.78 is 38.4. The topological polar surface area (TPSA) is 98.0 Å². The van der Waals surface area contributed by atoms with Crippen molar-refractivity contribution in [3.05, 3.63) is 0 Å². The summed E-state index contributed by atoms with van der Waals surface area (Å²) in [6, 6.07) is 0. The normalized spacial score (nSPS) is 56.2. The first kappa shape index (κ1) is 37.0. The van der Waals surface area contributed by atoms with Crippen LogP contribution in [0.15, 0.2) is 0 Å². The van der Waals surface area contributed by atoms with Gasteiger partial charge in [0.15, 0.2) is 0 Å². The zero-order valence-electron chi connectivity index (χ0n) is 32.2. The molecule has 49 heavy (non-hydrogen) atoms. The highest BCUT2D eigenvalue weighted by molar-refractivity contribution is 7.15. The number of rotatable bonds is 2. The predicted molar refractivity (Wildman–Crippen MR) is 194 cm³/mol. The molecule has 0 aromatic carbocycles. The summed E-state index contributed by atoms with van der Waals surface area (Å²) in [6.45, 7) is 10.4. The van der Waals surface area contributed by atoms with Gasteiger partial charge in [0, 0.05) is 6.61 Å². The Morgan fingerprint density at radius 2 is 1.12 bits per heavy atom. The molecule has 8 rings (SSSR count). The summed E-state index contributed by atoms with van der Waals surface area (Å²) in [6.07, 6.45) is 15.2. The molecule has 0 aliphatic heterocycles. The molecule has 8 saturated carbocycles. The minimum absolute atomic E-state index is 0.0106. The average Bonchev–Trinajstić information content (AvgIpc) is 3.59. The lowest BCUT2D eigenvalue weighted by Crippen LogP contribution is -2.58. The Bertz CT molecular complexity index is 1240. The van der Waals surface area contributed by atoms with E-state index in [0.717, 1.165) is 70.6 Å². The van der Waals surface area contributed by atoms with E-state index in [-0.39, 0.29) is 40.4 Å². The molecule has 0 heterocycles. The zero-order valence-corrected chi connectivity index (χ0v) is 32.2. The van der Waals surface area contributed by atoms with Crippen LogP contribution in [0.5, 0.6) is 0 Å². The maximum absolute atomic E-state index is 16.1. The molecule has 5 nitrogen and oxygen atoms in total. The van der Waals surface area contributed by atoms with Crippen LogP contribution < -0.4 is 0 Å². The van der Waals surface area contributed by atoms with E-state index in [1.165, 1.54) is 6.42 Å². The van der Waals surface area contributed by atoms with Gasteiger partial charge in [-0.2, -0.15) is 0 Å². The highest BCUT2D eigenvalue weighted by Crippen LogP contribution is 2.68. The van der Waals surface area contributed by atoms with E-state index in [4.69, 9.17) is 1.28 Å². The highest BCUT2D eigenvalue weighted by atomic mass is 31.0. The van der Waals surface area contributed by atoms with Gasteiger partial charge in [0.2, 0.25) is 0 Å². The van der Waals surface area contributed by atoms with Gasteiger partial charge in [-0.25, -0.2) is 8.78 Å². The van der Waals surface area contributed by atoms with Crippen LogP contribution in [0.3, 0.4) is 0 Å². The molecule has 1 unspecified atom stereocenters. The second kappa shape index (κ2) is 13.5. The third kappa shape index (κ3) is 6.29. The van der Waals surface area contributed by atoms with Gasteiger partial charge in [-0.05, 0) is 194 Å². The maximum atomic E-state index is 16.1. The van der Waals surface area contributed by atoms with Crippen LogP contribution in [0.4, 0.5) is 8.78 Å². The van der Waals surface area contributed by atoms with Crippen molar-refractivity contribution >= 4 is 15.2 Å². The van der Waals surface area contributed by atoms with Crippen LogP contribution in [0.1, 0.15) is 143 Å². The third-order valence-corrected chi connectivity index (χ3v) is 17.3. The minimum Gasteiger partial charge on any atom is -0.481 e. The van der Waals surface area contributed by atoms with Crippen molar-refractivity contribution in [3.63, 3.8) is 0 Å². The molecule has 8 heteroatoms. The van der Waals surface area contributed by atoms with Crippen molar-refractivity contribution in [2.75, 3.05) is 13.3 Å². The van der Waals surface area contributed by atoms with Crippen molar-refractivity contribution in [2.45, 2.75) is 166 Å². The Kier molecular flexibility index (Phi) is 10.2. The number of aliphatic hydroxyl groups excluding tert-OH is 1. The Morgan fingerprint density at radius 3 is 1.59 bits per heavy atom. The molecule has 8 fully saturated rings. The Labute approximate surface area is 299 Å². The molecule has 282 valence electrons. The van der Waals surface area contributed by atoms with E-state index in [1.807, 2.05) is 20.5 Å². The predicted octanol–water partition coefficient (Wildman–Crippen LogP) is 8.76. The van der Waals surface area contributed by atoms with Gasteiger partial charge in [0.25, 0.3) is 0 Å². The van der Waals surface area contributed by atoms with E-state index in [2.05, 4.69) is 13.8 Å². The Balaban J connectivity index is 0.000000161. The lowest BCUT2D eigenvalue weighted by atomic mass is 9.48. The molecule has 17 atom stereocenters. The summed E-state index contributed by atoms with van der Waals surface area (Å²) in [5.41, 5.74) is -3.45. The number of hydrogen-bond donors (Lipinski definition) is 4. The average molecular weight is 712 g/mol. The summed E-state index contributed by atoms with van der Waals surface area (Å²) >= 11 is 0. The SMILES string of the molecule is C[C@@]1(O)CC[C@@]2(F)[C@H](CC[C@H]3[C@@H]4CC[C@H](C(=O)O)[C@@]4(C)CC[C@@H]32)C1.C[C@@]1(O)CC[C@@]2(F)[C@H](CC[C@H]3[C@@H]4CC[C@H](CO)[C@@]4(C)CC[C@@H]32)C1.[2H]PC. The Hall–Kier alpha value is -0.360. The zero-order chi connectivity index (χ0) is 36.5. The number of aliphatic carboxylic acids is 1. The second-order valence-electron chi connectivity index (χ2n) is 19.6. The number of carboxylic acids is 1. The second-order valence-corrected chi connectivity index (χ2v) is 19.6. The van der Waals surface area contributed by atoms with Crippen LogP contribution in [-0.2, 0) is 4.79 Å². The van der Waals surface area contributed by atoms with E-state index in [1.54, 1.807) is 0 Å². The van der Waals surface area contributed by atoms with Gasteiger partial charge in [-0.3, -0.25) is 4.79 Å². The first-order valence-electron chi connectivity index (χ1n) is 20.6. The fourth-order valence-electron chi connectivity index (χ4n) is 14.8. The van der Waals surface area contributed by atoms with E-state index >= 15 is 8.78 Å². The summed E-state index contributed by atoms with van der Waals surface area (Å²) in [5.74, 6) is 1.68. The van der Waals surface area contributed by atoms with Gasteiger partial charge in [-0.1, -0.05) is 20.5 Å².